The molecule has 0 N–H and O–H groups in total. The predicted molar refractivity (Wildman–Crippen MR) is 68.0 cm³/mol. The molecule has 0 heterocycles. The van der Waals surface area contributed by atoms with Crippen LogP contribution in [0.25, 0.3) is 0 Å². The summed E-state index contributed by atoms with van der Waals surface area (Å²) in [5.41, 5.74) is 1.19. The molecular weight excluding hydrogens is 216 g/mol. The van der Waals surface area contributed by atoms with Crippen LogP contribution in [0.5, 0.6) is 0 Å². The Morgan fingerprint density at radius 1 is 1.06 bits per heavy atom. The molecule has 1 aromatic rings. The van der Waals surface area contributed by atoms with E-state index in [4.69, 9.17) is 14.2 Å². The minimum Gasteiger partial charge on any atom is -0.379 e. The zero-order valence-corrected chi connectivity index (χ0v) is 10.7. The molecular formula is C14H22O3. The highest BCUT2D eigenvalue weighted by Gasteiger charge is 2.03. The molecule has 0 saturated heterocycles. The topological polar surface area (TPSA) is 27.7 Å². The smallest absolute Gasteiger partial charge is 0.0802 e. The first kappa shape index (κ1) is 14.2. The number of rotatable bonds is 9. The van der Waals surface area contributed by atoms with Crippen LogP contribution in [0, 0.1) is 0 Å². The van der Waals surface area contributed by atoms with Gasteiger partial charge in [-0.3, -0.25) is 0 Å². The summed E-state index contributed by atoms with van der Waals surface area (Å²) >= 11 is 0. The van der Waals surface area contributed by atoms with Crippen molar-refractivity contribution in [3.05, 3.63) is 35.9 Å². The lowest BCUT2D eigenvalue weighted by Gasteiger charge is -2.13. The van der Waals surface area contributed by atoms with E-state index in [9.17, 15) is 0 Å². The third-order valence-corrected chi connectivity index (χ3v) is 2.58. The summed E-state index contributed by atoms with van der Waals surface area (Å²) in [6.45, 7) is 4.61. The molecule has 0 amide bonds. The van der Waals surface area contributed by atoms with Crippen LogP contribution in [0.15, 0.2) is 30.3 Å². The molecule has 0 fully saturated rings. The highest BCUT2D eigenvalue weighted by atomic mass is 16.5. The highest BCUT2D eigenvalue weighted by molar-refractivity contribution is 5.13. The molecule has 1 aromatic carbocycles. The van der Waals surface area contributed by atoms with Crippen molar-refractivity contribution >= 4 is 0 Å². The lowest BCUT2D eigenvalue weighted by atomic mass is 10.2. The molecule has 1 atom stereocenters. The largest absolute Gasteiger partial charge is 0.379 e. The van der Waals surface area contributed by atoms with Gasteiger partial charge < -0.3 is 14.2 Å². The zero-order valence-electron chi connectivity index (χ0n) is 10.7. The first-order chi connectivity index (χ1) is 8.36. The predicted octanol–water partition coefficient (Wildman–Crippen LogP) is 2.64. The molecule has 0 aliphatic heterocycles. The summed E-state index contributed by atoms with van der Waals surface area (Å²) in [6.07, 6.45) is 1.17. The Morgan fingerprint density at radius 2 is 1.76 bits per heavy atom. The first-order valence-electron chi connectivity index (χ1n) is 6.09. The van der Waals surface area contributed by atoms with Crippen LogP contribution < -0.4 is 0 Å². The van der Waals surface area contributed by atoms with Crippen molar-refractivity contribution in [1.82, 2.24) is 0 Å². The van der Waals surface area contributed by atoms with E-state index in [1.807, 2.05) is 18.2 Å². The molecule has 0 aromatic heterocycles. The molecule has 96 valence electrons. The van der Waals surface area contributed by atoms with Gasteiger partial charge in [-0.05, 0) is 12.0 Å². The van der Waals surface area contributed by atoms with E-state index in [1.54, 1.807) is 7.11 Å². The minimum absolute atomic E-state index is 0.198. The summed E-state index contributed by atoms with van der Waals surface area (Å²) < 4.78 is 16.2. The van der Waals surface area contributed by atoms with Crippen LogP contribution in [0.2, 0.25) is 0 Å². The molecule has 1 rings (SSSR count). The number of hydrogen-bond acceptors (Lipinski definition) is 3. The Balaban J connectivity index is 1.98. The van der Waals surface area contributed by atoms with Crippen LogP contribution in [0.4, 0.5) is 0 Å². The average Bonchev–Trinajstić information content (AvgIpc) is 2.39. The van der Waals surface area contributed by atoms with E-state index >= 15 is 0 Å². The molecule has 17 heavy (non-hydrogen) atoms. The van der Waals surface area contributed by atoms with Gasteiger partial charge in [-0.15, -0.1) is 0 Å². The quantitative estimate of drug-likeness (QED) is 0.619. The van der Waals surface area contributed by atoms with Crippen molar-refractivity contribution in [2.75, 3.05) is 26.9 Å². The van der Waals surface area contributed by atoms with Gasteiger partial charge in [0.1, 0.15) is 0 Å². The minimum atomic E-state index is 0.198. The first-order valence-corrected chi connectivity index (χ1v) is 6.09. The molecule has 0 aliphatic carbocycles. The molecule has 0 saturated carbocycles. The number of benzene rings is 1. The third kappa shape index (κ3) is 6.41. The van der Waals surface area contributed by atoms with Crippen molar-refractivity contribution < 1.29 is 14.2 Å². The van der Waals surface area contributed by atoms with Gasteiger partial charge in [0.25, 0.3) is 0 Å². The molecule has 0 bridgehead atoms. The van der Waals surface area contributed by atoms with Gasteiger partial charge in [0, 0.05) is 7.11 Å². The number of ether oxygens (including phenoxy) is 3. The van der Waals surface area contributed by atoms with E-state index in [0.29, 0.717) is 26.4 Å². The van der Waals surface area contributed by atoms with E-state index in [2.05, 4.69) is 19.1 Å². The Kier molecular flexibility index (Phi) is 7.63. The van der Waals surface area contributed by atoms with E-state index in [0.717, 1.165) is 6.42 Å². The van der Waals surface area contributed by atoms with Crippen molar-refractivity contribution in [3.8, 4) is 0 Å². The summed E-state index contributed by atoms with van der Waals surface area (Å²) in [6, 6.07) is 10.1. The maximum atomic E-state index is 5.50. The van der Waals surface area contributed by atoms with Crippen LogP contribution >= 0.6 is 0 Å². The van der Waals surface area contributed by atoms with Crippen molar-refractivity contribution in [3.63, 3.8) is 0 Å². The lowest BCUT2D eigenvalue weighted by molar-refractivity contribution is -0.0169. The monoisotopic (exact) mass is 238 g/mol. The fourth-order valence-electron chi connectivity index (χ4n) is 1.45. The lowest BCUT2D eigenvalue weighted by Crippen LogP contribution is -2.18. The molecule has 0 spiro atoms. The van der Waals surface area contributed by atoms with Crippen molar-refractivity contribution in [1.29, 1.82) is 0 Å². The number of hydrogen-bond donors (Lipinski definition) is 0. The van der Waals surface area contributed by atoms with Crippen LogP contribution in [0.1, 0.15) is 18.9 Å². The summed E-state index contributed by atoms with van der Waals surface area (Å²) in [5, 5.41) is 0. The summed E-state index contributed by atoms with van der Waals surface area (Å²) in [4.78, 5) is 0. The van der Waals surface area contributed by atoms with Gasteiger partial charge in [0.2, 0.25) is 0 Å². The molecule has 1 unspecified atom stereocenters. The molecule has 0 radical (unpaired) electrons. The number of methoxy groups -OCH3 is 1. The maximum absolute atomic E-state index is 5.50. The SMILES string of the molecule is CCC(COCCOCc1ccccc1)OC. The van der Waals surface area contributed by atoms with Gasteiger partial charge >= 0.3 is 0 Å². The standard InChI is InChI=1S/C14H22O3/c1-3-14(15-2)12-17-10-9-16-11-13-7-5-4-6-8-13/h4-8,14H,3,9-12H2,1-2H3. The highest BCUT2D eigenvalue weighted by Crippen LogP contribution is 2.00. The van der Waals surface area contributed by atoms with Crippen LogP contribution in [-0.4, -0.2) is 33.0 Å². The van der Waals surface area contributed by atoms with E-state index < -0.39 is 0 Å². The second-order valence-electron chi connectivity index (χ2n) is 3.88. The van der Waals surface area contributed by atoms with Crippen molar-refractivity contribution in [2.24, 2.45) is 0 Å². The fraction of sp³-hybridized carbons (Fsp3) is 0.571. The van der Waals surface area contributed by atoms with Crippen molar-refractivity contribution in [2.45, 2.75) is 26.1 Å². The van der Waals surface area contributed by atoms with Gasteiger partial charge in [-0.2, -0.15) is 0 Å². The fourth-order valence-corrected chi connectivity index (χ4v) is 1.45. The van der Waals surface area contributed by atoms with Gasteiger partial charge in [-0.25, -0.2) is 0 Å². The van der Waals surface area contributed by atoms with E-state index in [-0.39, 0.29) is 6.10 Å². The van der Waals surface area contributed by atoms with Gasteiger partial charge in [0.15, 0.2) is 0 Å². The average molecular weight is 238 g/mol. The Bertz CT molecular complexity index is 270. The van der Waals surface area contributed by atoms with Crippen LogP contribution in [0.3, 0.4) is 0 Å². The Morgan fingerprint density at radius 3 is 2.41 bits per heavy atom. The Hall–Kier alpha value is -0.900. The molecule has 3 heteroatoms. The second kappa shape index (κ2) is 9.16. The third-order valence-electron chi connectivity index (χ3n) is 2.58. The van der Waals surface area contributed by atoms with Gasteiger partial charge in [0.05, 0.1) is 32.5 Å². The molecule has 3 nitrogen and oxygen atoms in total. The second-order valence-corrected chi connectivity index (χ2v) is 3.88. The summed E-state index contributed by atoms with van der Waals surface area (Å²) in [7, 11) is 1.71. The summed E-state index contributed by atoms with van der Waals surface area (Å²) in [5.74, 6) is 0. The maximum Gasteiger partial charge on any atom is 0.0802 e. The van der Waals surface area contributed by atoms with Crippen LogP contribution in [-0.2, 0) is 20.8 Å². The Labute approximate surface area is 104 Å². The zero-order chi connectivity index (χ0) is 12.3. The molecule has 0 aliphatic rings. The van der Waals surface area contributed by atoms with Gasteiger partial charge in [-0.1, -0.05) is 37.3 Å². The van der Waals surface area contributed by atoms with E-state index in [1.165, 1.54) is 5.56 Å². The normalized spacial score (nSPS) is 12.6.